The van der Waals surface area contributed by atoms with E-state index in [0.717, 1.165) is 43.1 Å². The fourth-order valence-electron chi connectivity index (χ4n) is 2.03. The SMILES string of the molecule is C=CCc1ccc(OCCN(CC=C)CC=C)c(OC)c1. The van der Waals surface area contributed by atoms with Crippen molar-refractivity contribution in [3.63, 3.8) is 0 Å². The van der Waals surface area contributed by atoms with E-state index in [0.29, 0.717) is 6.61 Å². The zero-order valence-corrected chi connectivity index (χ0v) is 12.9. The fourth-order valence-corrected chi connectivity index (χ4v) is 2.03. The first-order valence-electron chi connectivity index (χ1n) is 7.09. The molecule has 0 unspecified atom stereocenters. The third-order valence-electron chi connectivity index (χ3n) is 3.05. The van der Waals surface area contributed by atoms with Crippen LogP contribution < -0.4 is 9.47 Å². The molecule has 0 aliphatic heterocycles. The number of hydrogen-bond acceptors (Lipinski definition) is 3. The summed E-state index contributed by atoms with van der Waals surface area (Å²) in [6, 6.07) is 5.97. The normalized spacial score (nSPS) is 10.2. The van der Waals surface area contributed by atoms with Gasteiger partial charge in [-0.2, -0.15) is 0 Å². The molecule has 1 aromatic rings. The minimum atomic E-state index is 0.596. The molecule has 0 N–H and O–H groups in total. The maximum absolute atomic E-state index is 5.82. The highest BCUT2D eigenvalue weighted by molar-refractivity contribution is 5.43. The summed E-state index contributed by atoms with van der Waals surface area (Å²) in [6.45, 7) is 14.3. The van der Waals surface area contributed by atoms with Crippen molar-refractivity contribution in [2.75, 3.05) is 33.4 Å². The van der Waals surface area contributed by atoms with E-state index >= 15 is 0 Å². The quantitative estimate of drug-likeness (QED) is 0.582. The van der Waals surface area contributed by atoms with Crippen molar-refractivity contribution in [3.8, 4) is 11.5 Å². The maximum atomic E-state index is 5.82. The maximum Gasteiger partial charge on any atom is 0.161 e. The van der Waals surface area contributed by atoms with Crippen LogP contribution >= 0.6 is 0 Å². The van der Waals surface area contributed by atoms with Gasteiger partial charge in [-0.1, -0.05) is 24.3 Å². The summed E-state index contributed by atoms with van der Waals surface area (Å²) >= 11 is 0. The number of hydrogen-bond donors (Lipinski definition) is 0. The molecule has 0 amide bonds. The van der Waals surface area contributed by atoms with Gasteiger partial charge in [0.25, 0.3) is 0 Å². The Morgan fingerprint density at radius 1 is 1.05 bits per heavy atom. The first-order chi connectivity index (χ1) is 10.2. The molecule has 114 valence electrons. The largest absolute Gasteiger partial charge is 0.493 e. The summed E-state index contributed by atoms with van der Waals surface area (Å²) < 4.78 is 11.2. The highest BCUT2D eigenvalue weighted by Crippen LogP contribution is 2.28. The van der Waals surface area contributed by atoms with E-state index in [4.69, 9.17) is 9.47 Å². The molecule has 1 rings (SSSR count). The van der Waals surface area contributed by atoms with Crippen LogP contribution in [0.5, 0.6) is 11.5 Å². The molecule has 0 bridgehead atoms. The summed E-state index contributed by atoms with van der Waals surface area (Å²) in [4.78, 5) is 2.21. The van der Waals surface area contributed by atoms with Crippen molar-refractivity contribution < 1.29 is 9.47 Å². The lowest BCUT2D eigenvalue weighted by atomic mass is 10.1. The van der Waals surface area contributed by atoms with Crippen LogP contribution in [0.3, 0.4) is 0 Å². The Labute approximate surface area is 128 Å². The Kier molecular flexibility index (Phi) is 7.99. The van der Waals surface area contributed by atoms with E-state index in [1.54, 1.807) is 7.11 Å². The van der Waals surface area contributed by atoms with Gasteiger partial charge in [-0.3, -0.25) is 4.90 Å². The van der Waals surface area contributed by atoms with Gasteiger partial charge in [0.05, 0.1) is 7.11 Å². The lowest BCUT2D eigenvalue weighted by Crippen LogP contribution is -2.28. The van der Waals surface area contributed by atoms with Crippen molar-refractivity contribution >= 4 is 0 Å². The summed E-state index contributed by atoms with van der Waals surface area (Å²) in [5.74, 6) is 1.52. The van der Waals surface area contributed by atoms with Crippen molar-refractivity contribution in [2.24, 2.45) is 0 Å². The van der Waals surface area contributed by atoms with Crippen LogP contribution in [0.4, 0.5) is 0 Å². The molecule has 3 heteroatoms. The van der Waals surface area contributed by atoms with Gasteiger partial charge >= 0.3 is 0 Å². The third kappa shape index (κ3) is 5.88. The van der Waals surface area contributed by atoms with Gasteiger partial charge in [0.15, 0.2) is 11.5 Å². The second-order valence-corrected chi connectivity index (χ2v) is 4.66. The van der Waals surface area contributed by atoms with Gasteiger partial charge in [0.2, 0.25) is 0 Å². The van der Waals surface area contributed by atoms with E-state index in [1.807, 2.05) is 36.4 Å². The fraction of sp³-hybridized carbons (Fsp3) is 0.333. The van der Waals surface area contributed by atoms with Crippen LogP contribution in [-0.2, 0) is 6.42 Å². The van der Waals surface area contributed by atoms with Gasteiger partial charge in [-0.15, -0.1) is 19.7 Å². The Morgan fingerprint density at radius 3 is 2.33 bits per heavy atom. The number of benzene rings is 1. The topological polar surface area (TPSA) is 21.7 Å². The first-order valence-corrected chi connectivity index (χ1v) is 7.09. The van der Waals surface area contributed by atoms with Gasteiger partial charge < -0.3 is 9.47 Å². The highest BCUT2D eigenvalue weighted by Gasteiger charge is 2.06. The van der Waals surface area contributed by atoms with E-state index in [2.05, 4.69) is 24.6 Å². The van der Waals surface area contributed by atoms with Crippen molar-refractivity contribution in [3.05, 3.63) is 61.7 Å². The van der Waals surface area contributed by atoms with Crippen LogP contribution in [0.2, 0.25) is 0 Å². The molecule has 3 nitrogen and oxygen atoms in total. The minimum Gasteiger partial charge on any atom is -0.493 e. The van der Waals surface area contributed by atoms with E-state index in [9.17, 15) is 0 Å². The lowest BCUT2D eigenvalue weighted by molar-refractivity contribution is 0.229. The predicted molar refractivity (Wildman–Crippen MR) is 89.2 cm³/mol. The van der Waals surface area contributed by atoms with Crippen LogP contribution in [0.1, 0.15) is 5.56 Å². The zero-order chi connectivity index (χ0) is 15.5. The van der Waals surface area contributed by atoms with Crippen LogP contribution in [0.25, 0.3) is 0 Å². The molecular formula is C18H25NO2. The van der Waals surface area contributed by atoms with Gasteiger partial charge in [0.1, 0.15) is 6.61 Å². The monoisotopic (exact) mass is 287 g/mol. The van der Waals surface area contributed by atoms with Gasteiger partial charge in [-0.05, 0) is 24.1 Å². The molecule has 0 fully saturated rings. The Morgan fingerprint density at radius 2 is 1.76 bits per heavy atom. The van der Waals surface area contributed by atoms with Crippen LogP contribution in [0.15, 0.2) is 56.2 Å². The second-order valence-electron chi connectivity index (χ2n) is 4.66. The number of ether oxygens (including phenoxy) is 2. The Balaban J connectivity index is 2.59. The number of nitrogens with zero attached hydrogens (tertiary/aromatic N) is 1. The molecule has 0 aliphatic carbocycles. The summed E-state index contributed by atoms with van der Waals surface area (Å²) in [7, 11) is 1.65. The van der Waals surface area contributed by atoms with Gasteiger partial charge in [0, 0.05) is 19.6 Å². The standard InChI is InChI=1S/C18H25NO2/c1-5-8-16-9-10-17(18(15-16)20-4)21-14-13-19(11-6-2)12-7-3/h5-7,9-10,15H,1-3,8,11-14H2,4H3. The number of rotatable bonds is 11. The number of allylic oxidation sites excluding steroid dienone is 1. The van der Waals surface area contributed by atoms with E-state index in [-0.39, 0.29) is 0 Å². The molecule has 21 heavy (non-hydrogen) atoms. The molecule has 0 heterocycles. The second kappa shape index (κ2) is 9.83. The van der Waals surface area contributed by atoms with E-state index < -0.39 is 0 Å². The van der Waals surface area contributed by atoms with Crippen molar-refractivity contribution in [1.29, 1.82) is 0 Å². The molecular weight excluding hydrogens is 262 g/mol. The smallest absolute Gasteiger partial charge is 0.161 e. The molecule has 0 atom stereocenters. The Hall–Kier alpha value is -2.00. The predicted octanol–water partition coefficient (Wildman–Crippen LogP) is 3.48. The summed E-state index contributed by atoms with van der Waals surface area (Å²) in [5.41, 5.74) is 1.16. The summed E-state index contributed by atoms with van der Waals surface area (Å²) in [6.07, 6.45) is 6.46. The average molecular weight is 287 g/mol. The molecule has 0 saturated heterocycles. The molecule has 1 aromatic carbocycles. The van der Waals surface area contributed by atoms with Crippen molar-refractivity contribution in [2.45, 2.75) is 6.42 Å². The third-order valence-corrected chi connectivity index (χ3v) is 3.05. The summed E-state index contributed by atoms with van der Waals surface area (Å²) in [5, 5.41) is 0. The van der Waals surface area contributed by atoms with Crippen LogP contribution in [0, 0.1) is 0 Å². The lowest BCUT2D eigenvalue weighted by Gasteiger charge is -2.19. The first kappa shape index (κ1) is 17.1. The van der Waals surface area contributed by atoms with E-state index in [1.165, 1.54) is 0 Å². The number of methoxy groups -OCH3 is 1. The Bertz CT molecular complexity index is 458. The molecule has 0 spiro atoms. The van der Waals surface area contributed by atoms with Gasteiger partial charge in [-0.25, -0.2) is 0 Å². The zero-order valence-electron chi connectivity index (χ0n) is 12.9. The molecule has 0 radical (unpaired) electrons. The van der Waals surface area contributed by atoms with Crippen LogP contribution in [-0.4, -0.2) is 38.3 Å². The highest BCUT2D eigenvalue weighted by atomic mass is 16.5. The average Bonchev–Trinajstić information content (AvgIpc) is 2.49. The molecule has 0 aliphatic rings. The molecule has 0 saturated carbocycles. The molecule has 0 aromatic heterocycles. The minimum absolute atomic E-state index is 0.596. The van der Waals surface area contributed by atoms with Crippen molar-refractivity contribution in [1.82, 2.24) is 4.90 Å².